The fourth-order valence-corrected chi connectivity index (χ4v) is 1.44. The van der Waals surface area contributed by atoms with Crippen LogP contribution >= 0.6 is 0 Å². The molecule has 94 valence electrons. The Labute approximate surface area is 102 Å². The Kier molecular flexibility index (Phi) is 4.12. The number of aliphatic hydroxyl groups excluding tert-OH is 1. The van der Waals surface area contributed by atoms with Crippen molar-refractivity contribution < 1.29 is 9.90 Å². The number of hydrogen-bond acceptors (Lipinski definition) is 3. The molecule has 0 fully saturated rings. The number of aliphatic hydroxyl groups is 1. The molecule has 0 aliphatic heterocycles. The van der Waals surface area contributed by atoms with Crippen LogP contribution in [-0.4, -0.2) is 35.1 Å². The van der Waals surface area contributed by atoms with Gasteiger partial charge in [0.2, 0.25) is 5.91 Å². The summed E-state index contributed by atoms with van der Waals surface area (Å²) in [7, 11) is 1.70. The van der Waals surface area contributed by atoms with Gasteiger partial charge in [-0.25, -0.2) is 0 Å². The van der Waals surface area contributed by atoms with Gasteiger partial charge in [0.05, 0.1) is 18.6 Å². The lowest BCUT2D eigenvalue weighted by atomic mass is 10.0. The van der Waals surface area contributed by atoms with Gasteiger partial charge in [0.1, 0.15) is 0 Å². The van der Waals surface area contributed by atoms with E-state index >= 15 is 0 Å². The second-order valence-electron chi connectivity index (χ2n) is 4.85. The molecule has 0 saturated heterocycles. The molecule has 17 heavy (non-hydrogen) atoms. The highest BCUT2D eigenvalue weighted by molar-refractivity contribution is 5.79. The van der Waals surface area contributed by atoms with Crippen LogP contribution in [0.15, 0.2) is 24.3 Å². The van der Waals surface area contributed by atoms with Gasteiger partial charge < -0.3 is 15.7 Å². The number of benzene rings is 1. The average Bonchev–Trinajstić information content (AvgIpc) is 2.28. The van der Waals surface area contributed by atoms with Crippen molar-refractivity contribution in [3.05, 3.63) is 29.8 Å². The van der Waals surface area contributed by atoms with E-state index < -0.39 is 5.54 Å². The van der Waals surface area contributed by atoms with E-state index in [1.807, 2.05) is 26.0 Å². The highest BCUT2D eigenvalue weighted by Gasteiger charge is 2.26. The molecule has 3 N–H and O–H groups in total. The fraction of sp³-hybridized carbons (Fsp3) is 0.462. The molecule has 0 aliphatic carbocycles. The minimum Gasteiger partial charge on any atom is -0.399 e. The SMILES string of the molecule is CN(C(=O)Cc1cccc(N)c1)C(C)(C)CO. The summed E-state index contributed by atoms with van der Waals surface area (Å²) in [5.74, 6) is -0.0327. The molecule has 0 spiro atoms. The highest BCUT2D eigenvalue weighted by Crippen LogP contribution is 2.14. The third kappa shape index (κ3) is 3.46. The smallest absolute Gasteiger partial charge is 0.227 e. The maximum absolute atomic E-state index is 12.0. The van der Waals surface area contributed by atoms with E-state index in [-0.39, 0.29) is 12.5 Å². The molecule has 0 aromatic heterocycles. The number of likely N-dealkylation sites (N-methyl/N-ethyl adjacent to an activating group) is 1. The molecule has 0 radical (unpaired) electrons. The molecule has 0 unspecified atom stereocenters. The lowest BCUT2D eigenvalue weighted by molar-refractivity contribution is -0.135. The monoisotopic (exact) mass is 236 g/mol. The summed E-state index contributed by atoms with van der Waals surface area (Å²) < 4.78 is 0. The van der Waals surface area contributed by atoms with Gasteiger partial charge in [-0.05, 0) is 31.5 Å². The Morgan fingerprint density at radius 1 is 1.47 bits per heavy atom. The number of anilines is 1. The van der Waals surface area contributed by atoms with Crippen LogP contribution in [0.3, 0.4) is 0 Å². The number of nitrogens with zero attached hydrogens (tertiary/aromatic N) is 1. The Hall–Kier alpha value is -1.55. The number of nitrogens with two attached hydrogens (primary N) is 1. The van der Waals surface area contributed by atoms with Crippen LogP contribution in [0.5, 0.6) is 0 Å². The van der Waals surface area contributed by atoms with Crippen LogP contribution < -0.4 is 5.73 Å². The van der Waals surface area contributed by atoms with E-state index in [1.54, 1.807) is 24.1 Å². The largest absolute Gasteiger partial charge is 0.399 e. The fourth-order valence-electron chi connectivity index (χ4n) is 1.44. The van der Waals surface area contributed by atoms with Crippen molar-refractivity contribution >= 4 is 11.6 Å². The standard InChI is InChI=1S/C13H20N2O2/c1-13(2,9-16)15(3)12(17)8-10-5-4-6-11(14)7-10/h4-7,16H,8-9,14H2,1-3H3. The van der Waals surface area contributed by atoms with E-state index in [0.717, 1.165) is 5.56 Å². The predicted octanol–water partition coefficient (Wildman–Crippen LogP) is 1.04. The van der Waals surface area contributed by atoms with Crippen molar-refractivity contribution in [3.63, 3.8) is 0 Å². The van der Waals surface area contributed by atoms with Gasteiger partial charge in [0, 0.05) is 12.7 Å². The third-order valence-electron chi connectivity index (χ3n) is 2.98. The summed E-state index contributed by atoms with van der Waals surface area (Å²) >= 11 is 0. The molecule has 4 heteroatoms. The molecule has 1 aromatic rings. The van der Waals surface area contributed by atoms with Gasteiger partial charge in [-0.15, -0.1) is 0 Å². The first kappa shape index (κ1) is 13.5. The first-order chi connectivity index (χ1) is 7.86. The van der Waals surface area contributed by atoms with Crippen molar-refractivity contribution in [1.82, 2.24) is 4.90 Å². The Morgan fingerprint density at radius 3 is 2.65 bits per heavy atom. The van der Waals surface area contributed by atoms with Crippen LogP contribution in [0.4, 0.5) is 5.69 Å². The molecule has 1 aromatic carbocycles. The number of carbonyl (C=O) groups excluding carboxylic acids is 1. The third-order valence-corrected chi connectivity index (χ3v) is 2.98. The van der Waals surface area contributed by atoms with Crippen LogP contribution in [-0.2, 0) is 11.2 Å². The van der Waals surface area contributed by atoms with E-state index in [2.05, 4.69) is 0 Å². The van der Waals surface area contributed by atoms with Gasteiger partial charge in [-0.3, -0.25) is 4.79 Å². The maximum atomic E-state index is 12.0. The van der Waals surface area contributed by atoms with Gasteiger partial charge in [-0.1, -0.05) is 12.1 Å². The van der Waals surface area contributed by atoms with Gasteiger partial charge >= 0.3 is 0 Å². The van der Waals surface area contributed by atoms with Crippen molar-refractivity contribution in [3.8, 4) is 0 Å². The lowest BCUT2D eigenvalue weighted by Crippen LogP contribution is -2.48. The summed E-state index contributed by atoms with van der Waals surface area (Å²) in [6.45, 7) is 3.58. The zero-order valence-corrected chi connectivity index (χ0v) is 10.6. The zero-order chi connectivity index (χ0) is 13.1. The van der Waals surface area contributed by atoms with Crippen LogP contribution in [0, 0.1) is 0 Å². The van der Waals surface area contributed by atoms with E-state index in [1.165, 1.54) is 0 Å². The molecule has 1 rings (SSSR count). The van der Waals surface area contributed by atoms with Gasteiger partial charge in [-0.2, -0.15) is 0 Å². The first-order valence-corrected chi connectivity index (χ1v) is 5.59. The summed E-state index contributed by atoms with van der Waals surface area (Å²) in [6.07, 6.45) is 0.297. The Bertz CT molecular complexity index is 402. The predicted molar refractivity (Wildman–Crippen MR) is 68.5 cm³/mol. The molecule has 1 amide bonds. The van der Waals surface area contributed by atoms with Crippen LogP contribution in [0.1, 0.15) is 19.4 Å². The van der Waals surface area contributed by atoms with Crippen LogP contribution in [0.25, 0.3) is 0 Å². The minimum absolute atomic E-state index is 0.0327. The maximum Gasteiger partial charge on any atom is 0.227 e. The summed E-state index contributed by atoms with van der Waals surface area (Å²) in [4.78, 5) is 13.6. The number of amides is 1. The molecule has 0 saturated carbocycles. The van der Waals surface area contributed by atoms with Crippen molar-refractivity contribution in [1.29, 1.82) is 0 Å². The molecule has 4 nitrogen and oxygen atoms in total. The second-order valence-corrected chi connectivity index (χ2v) is 4.85. The summed E-state index contributed by atoms with van der Waals surface area (Å²) in [5.41, 5.74) is 6.65. The zero-order valence-electron chi connectivity index (χ0n) is 10.6. The first-order valence-electron chi connectivity index (χ1n) is 5.59. The number of rotatable bonds is 4. The Balaban J connectivity index is 2.73. The van der Waals surface area contributed by atoms with E-state index in [4.69, 9.17) is 5.73 Å². The molecule has 0 aliphatic rings. The number of nitrogen functional groups attached to an aromatic ring is 1. The molecule has 0 atom stereocenters. The number of hydrogen-bond donors (Lipinski definition) is 2. The summed E-state index contributed by atoms with van der Waals surface area (Å²) in [5, 5.41) is 9.21. The van der Waals surface area contributed by atoms with Crippen molar-refractivity contribution in [2.45, 2.75) is 25.8 Å². The van der Waals surface area contributed by atoms with Crippen molar-refractivity contribution in [2.24, 2.45) is 0 Å². The lowest BCUT2D eigenvalue weighted by Gasteiger charge is -2.34. The Morgan fingerprint density at radius 2 is 2.12 bits per heavy atom. The van der Waals surface area contributed by atoms with Gasteiger partial charge in [0.15, 0.2) is 0 Å². The highest BCUT2D eigenvalue weighted by atomic mass is 16.3. The normalized spacial score (nSPS) is 11.3. The van der Waals surface area contributed by atoms with E-state index in [0.29, 0.717) is 12.1 Å². The van der Waals surface area contributed by atoms with Crippen LogP contribution in [0.2, 0.25) is 0 Å². The van der Waals surface area contributed by atoms with E-state index in [9.17, 15) is 9.90 Å². The minimum atomic E-state index is -0.544. The summed E-state index contributed by atoms with van der Waals surface area (Å²) in [6, 6.07) is 7.27. The second kappa shape index (κ2) is 5.19. The van der Waals surface area contributed by atoms with Crippen molar-refractivity contribution in [2.75, 3.05) is 19.4 Å². The molecular weight excluding hydrogens is 216 g/mol. The van der Waals surface area contributed by atoms with Gasteiger partial charge in [0.25, 0.3) is 0 Å². The molecular formula is C13H20N2O2. The number of carbonyl (C=O) groups is 1. The molecule has 0 bridgehead atoms. The quantitative estimate of drug-likeness (QED) is 0.768. The topological polar surface area (TPSA) is 66.6 Å². The molecule has 0 heterocycles. The average molecular weight is 236 g/mol.